The minimum atomic E-state index is 0.0982. The Labute approximate surface area is 117 Å². The van der Waals surface area contributed by atoms with Crippen molar-refractivity contribution in [3.8, 4) is 17.2 Å². The summed E-state index contributed by atoms with van der Waals surface area (Å²) in [5, 5.41) is 13.3. The maximum atomic E-state index is 9.97. The first-order valence-electron chi connectivity index (χ1n) is 6.50. The summed E-state index contributed by atoms with van der Waals surface area (Å²) in [7, 11) is 0. The topological polar surface area (TPSA) is 63.6 Å². The third-order valence-electron chi connectivity index (χ3n) is 3.30. The lowest BCUT2D eigenvalue weighted by Crippen LogP contribution is -2.19. The zero-order valence-electron chi connectivity index (χ0n) is 11.2. The molecule has 2 aromatic rings. The number of benzene rings is 1. The van der Waals surface area contributed by atoms with Gasteiger partial charge in [-0.3, -0.25) is 4.98 Å². The molecule has 0 fully saturated rings. The lowest BCUT2D eigenvalue weighted by atomic mass is 10.1. The Morgan fingerprint density at radius 3 is 2.85 bits per heavy atom. The molecule has 3 rings (SSSR count). The summed E-state index contributed by atoms with van der Waals surface area (Å²) >= 11 is 0. The number of rotatable bonds is 4. The molecule has 0 radical (unpaired) electrons. The summed E-state index contributed by atoms with van der Waals surface area (Å²) in [5.41, 5.74) is 1.74. The first-order chi connectivity index (χ1) is 9.74. The fourth-order valence-corrected chi connectivity index (χ4v) is 2.11. The van der Waals surface area contributed by atoms with Crippen LogP contribution in [0.4, 0.5) is 0 Å². The molecule has 2 heterocycles. The average molecular weight is 272 g/mol. The third-order valence-corrected chi connectivity index (χ3v) is 3.30. The van der Waals surface area contributed by atoms with Crippen molar-refractivity contribution in [2.75, 3.05) is 6.79 Å². The molecule has 1 aliphatic heterocycles. The predicted molar refractivity (Wildman–Crippen MR) is 73.7 cm³/mol. The fraction of sp³-hybridized carbons (Fsp3) is 0.267. The Bertz CT molecular complexity index is 602. The highest BCUT2D eigenvalue weighted by atomic mass is 16.7. The Kier molecular flexibility index (Phi) is 3.43. The number of phenolic OH excluding ortho intramolecular Hbond substituents is 1. The van der Waals surface area contributed by atoms with E-state index in [1.54, 1.807) is 18.3 Å². The van der Waals surface area contributed by atoms with Crippen LogP contribution in [0.1, 0.15) is 24.2 Å². The summed E-state index contributed by atoms with van der Waals surface area (Å²) in [6, 6.07) is 9.30. The van der Waals surface area contributed by atoms with Gasteiger partial charge in [0.2, 0.25) is 6.79 Å². The second-order valence-corrected chi connectivity index (χ2v) is 4.69. The van der Waals surface area contributed by atoms with E-state index in [1.807, 2.05) is 25.1 Å². The first-order valence-corrected chi connectivity index (χ1v) is 6.50. The summed E-state index contributed by atoms with van der Waals surface area (Å²) < 4.78 is 10.5. The molecule has 1 aromatic heterocycles. The predicted octanol–water partition coefficient (Wildman–Crippen LogP) is 2.37. The van der Waals surface area contributed by atoms with E-state index < -0.39 is 0 Å². The molecule has 0 bridgehead atoms. The number of aromatic hydroxyl groups is 1. The molecule has 5 nitrogen and oxygen atoms in total. The minimum Gasteiger partial charge on any atom is -0.507 e. The highest BCUT2D eigenvalue weighted by Gasteiger charge is 2.17. The van der Waals surface area contributed by atoms with Crippen molar-refractivity contribution in [3.63, 3.8) is 0 Å². The lowest BCUT2D eigenvalue weighted by Gasteiger charge is -2.14. The molecule has 5 heteroatoms. The number of hydrogen-bond acceptors (Lipinski definition) is 5. The third kappa shape index (κ3) is 2.53. The van der Waals surface area contributed by atoms with E-state index in [4.69, 9.17) is 9.47 Å². The van der Waals surface area contributed by atoms with Gasteiger partial charge in [0, 0.05) is 30.4 Å². The smallest absolute Gasteiger partial charge is 0.231 e. The van der Waals surface area contributed by atoms with Crippen LogP contribution in [0.5, 0.6) is 17.2 Å². The van der Waals surface area contributed by atoms with Crippen LogP contribution in [0.2, 0.25) is 0 Å². The Hall–Kier alpha value is -2.27. The molecule has 1 aliphatic rings. The molecule has 0 saturated carbocycles. The molecule has 1 atom stereocenters. The van der Waals surface area contributed by atoms with Crippen LogP contribution in [-0.4, -0.2) is 16.9 Å². The summed E-state index contributed by atoms with van der Waals surface area (Å²) in [5.74, 6) is 1.46. The van der Waals surface area contributed by atoms with Crippen molar-refractivity contribution in [1.29, 1.82) is 0 Å². The van der Waals surface area contributed by atoms with Gasteiger partial charge in [-0.2, -0.15) is 0 Å². The molecule has 0 saturated heterocycles. The van der Waals surface area contributed by atoms with E-state index >= 15 is 0 Å². The van der Waals surface area contributed by atoms with Gasteiger partial charge >= 0.3 is 0 Å². The highest BCUT2D eigenvalue weighted by molar-refractivity contribution is 5.51. The molecule has 0 unspecified atom stereocenters. The standard InChI is InChI=1S/C15H16N2O3/c1-10(12-4-2-3-5-16-12)17-8-11-6-14-15(7-13(11)18)20-9-19-14/h2-7,10,17-18H,8-9H2,1H3/t10-/m1/s1. The van der Waals surface area contributed by atoms with E-state index in [2.05, 4.69) is 10.3 Å². The van der Waals surface area contributed by atoms with Crippen molar-refractivity contribution < 1.29 is 14.6 Å². The van der Waals surface area contributed by atoms with Gasteiger partial charge in [0.15, 0.2) is 11.5 Å². The van der Waals surface area contributed by atoms with E-state index in [0.29, 0.717) is 18.0 Å². The maximum absolute atomic E-state index is 9.97. The Balaban J connectivity index is 1.70. The molecule has 2 N–H and O–H groups in total. The largest absolute Gasteiger partial charge is 0.507 e. The summed E-state index contributed by atoms with van der Waals surface area (Å²) in [6.07, 6.45) is 1.77. The van der Waals surface area contributed by atoms with Gasteiger partial charge in [-0.15, -0.1) is 0 Å². The number of aromatic nitrogens is 1. The van der Waals surface area contributed by atoms with Crippen LogP contribution in [-0.2, 0) is 6.54 Å². The Morgan fingerprint density at radius 2 is 2.10 bits per heavy atom. The van der Waals surface area contributed by atoms with Gasteiger partial charge in [-0.25, -0.2) is 0 Å². The molecule has 20 heavy (non-hydrogen) atoms. The van der Waals surface area contributed by atoms with E-state index in [9.17, 15) is 5.11 Å². The Morgan fingerprint density at radius 1 is 1.30 bits per heavy atom. The average Bonchev–Trinajstić information content (AvgIpc) is 2.92. The number of nitrogens with one attached hydrogen (secondary N) is 1. The van der Waals surface area contributed by atoms with Gasteiger partial charge in [0.05, 0.1) is 5.69 Å². The van der Waals surface area contributed by atoms with Gasteiger partial charge in [-0.05, 0) is 25.1 Å². The number of hydrogen-bond donors (Lipinski definition) is 2. The molecule has 0 amide bonds. The number of ether oxygens (including phenoxy) is 2. The molecule has 1 aromatic carbocycles. The van der Waals surface area contributed by atoms with Crippen LogP contribution in [0.3, 0.4) is 0 Å². The zero-order valence-corrected chi connectivity index (χ0v) is 11.2. The van der Waals surface area contributed by atoms with Crippen molar-refractivity contribution in [2.24, 2.45) is 0 Å². The van der Waals surface area contributed by atoms with Gasteiger partial charge in [0.25, 0.3) is 0 Å². The van der Waals surface area contributed by atoms with Crippen LogP contribution >= 0.6 is 0 Å². The number of nitrogens with zero attached hydrogens (tertiary/aromatic N) is 1. The number of pyridine rings is 1. The summed E-state index contributed by atoms with van der Waals surface area (Å²) in [6.45, 7) is 2.77. The van der Waals surface area contributed by atoms with Crippen LogP contribution in [0, 0.1) is 0 Å². The SMILES string of the molecule is C[C@@H](NCc1cc2c(cc1O)OCO2)c1ccccn1. The summed E-state index contributed by atoms with van der Waals surface area (Å²) in [4.78, 5) is 4.30. The quantitative estimate of drug-likeness (QED) is 0.894. The minimum absolute atomic E-state index is 0.0982. The molecule has 104 valence electrons. The molecule has 0 spiro atoms. The van der Waals surface area contributed by atoms with Crippen molar-refractivity contribution in [1.82, 2.24) is 10.3 Å². The second-order valence-electron chi connectivity index (χ2n) is 4.69. The number of fused-ring (bicyclic) bond motifs is 1. The van der Waals surface area contributed by atoms with E-state index in [0.717, 1.165) is 11.3 Å². The van der Waals surface area contributed by atoms with Crippen molar-refractivity contribution >= 4 is 0 Å². The normalized spacial score (nSPS) is 14.2. The highest BCUT2D eigenvalue weighted by Crippen LogP contribution is 2.37. The van der Waals surface area contributed by atoms with Gasteiger partial charge in [-0.1, -0.05) is 6.07 Å². The van der Waals surface area contributed by atoms with Gasteiger partial charge in [0.1, 0.15) is 5.75 Å². The van der Waals surface area contributed by atoms with Gasteiger partial charge < -0.3 is 19.9 Å². The van der Waals surface area contributed by atoms with Crippen LogP contribution in [0.15, 0.2) is 36.5 Å². The van der Waals surface area contributed by atoms with Crippen LogP contribution < -0.4 is 14.8 Å². The first kappa shape index (κ1) is 12.7. The van der Waals surface area contributed by atoms with Crippen molar-refractivity contribution in [3.05, 3.63) is 47.8 Å². The van der Waals surface area contributed by atoms with Crippen LogP contribution in [0.25, 0.3) is 0 Å². The maximum Gasteiger partial charge on any atom is 0.231 e. The van der Waals surface area contributed by atoms with E-state index in [-0.39, 0.29) is 18.6 Å². The van der Waals surface area contributed by atoms with Crippen molar-refractivity contribution in [2.45, 2.75) is 19.5 Å². The number of phenols is 1. The lowest BCUT2D eigenvalue weighted by molar-refractivity contribution is 0.174. The molecule has 0 aliphatic carbocycles. The second kappa shape index (κ2) is 5.38. The molecular formula is C15H16N2O3. The van der Waals surface area contributed by atoms with E-state index in [1.165, 1.54) is 0 Å². The zero-order chi connectivity index (χ0) is 13.9. The fourth-order valence-electron chi connectivity index (χ4n) is 2.11. The molecular weight excluding hydrogens is 256 g/mol. The monoisotopic (exact) mass is 272 g/mol.